The molecule has 4 aliphatic rings. The first kappa shape index (κ1) is 26.6. The van der Waals surface area contributed by atoms with E-state index in [1.807, 2.05) is 43.3 Å². The molecule has 2 atom stereocenters. The van der Waals surface area contributed by atoms with Crippen LogP contribution in [0.15, 0.2) is 36.4 Å². The molecule has 2 aliphatic carbocycles. The Balaban J connectivity index is 1.14. The van der Waals surface area contributed by atoms with Gasteiger partial charge in [-0.25, -0.2) is 17.7 Å². The largest absolute Gasteiger partial charge is 0.454 e. The van der Waals surface area contributed by atoms with Crippen LogP contribution in [0.25, 0.3) is 22.6 Å². The van der Waals surface area contributed by atoms with Gasteiger partial charge in [0.2, 0.25) is 16.8 Å². The Labute approximate surface area is 240 Å². The van der Waals surface area contributed by atoms with Crippen LogP contribution in [0.4, 0.5) is 0 Å². The SMILES string of the molecule is Cc1cccc(-c2[nH]c(C3CCN(S(=O)(=O)CC45CCC(CC4=O)C5(C)C)CC3)nc2-c2ccc3c(c2)OCO3)n1. The summed E-state index contributed by atoms with van der Waals surface area (Å²) in [5.74, 6) is 2.68. The van der Waals surface area contributed by atoms with E-state index < -0.39 is 15.4 Å². The minimum atomic E-state index is -3.57. The van der Waals surface area contributed by atoms with Crippen LogP contribution < -0.4 is 9.47 Å². The standard InChI is InChI=1S/C31H36N4O5S/c1-19-5-4-6-23(32-19)28-27(21-7-8-24-25(15-21)40-18-39-24)33-29(34-28)20-10-13-35(14-11-20)41(37,38)17-31-12-9-22(16-26(31)36)30(31,2)3/h4-8,15,20,22H,9-14,16-18H2,1-3H3,(H,33,34). The van der Waals surface area contributed by atoms with Crippen LogP contribution in [-0.2, 0) is 14.8 Å². The van der Waals surface area contributed by atoms with E-state index in [0.29, 0.717) is 56.2 Å². The van der Waals surface area contributed by atoms with Crippen LogP contribution in [0.5, 0.6) is 11.5 Å². The number of aryl methyl sites for hydroxylation is 1. The van der Waals surface area contributed by atoms with Crippen LogP contribution in [0.3, 0.4) is 0 Å². The fourth-order valence-electron chi connectivity index (χ4n) is 7.62. The van der Waals surface area contributed by atoms with Crippen molar-refractivity contribution in [3.05, 3.63) is 47.9 Å². The van der Waals surface area contributed by atoms with Crippen molar-refractivity contribution >= 4 is 15.8 Å². The molecule has 1 saturated heterocycles. The monoisotopic (exact) mass is 576 g/mol. The minimum Gasteiger partial charge on any atom is -0.454 e. The first-order chi connectivity index (χ1) is 19.6. The smallest absolute Gasteiger partial charge is 0.231 e. The number of pyridine rings is 1. The second kappa shape index (κ2) is 9.39. The third kappa shape index (κ3) is 4.21. The second-order valence-corrected chi connectivity index (χ2v) is 14.6. The van der Waals surface area contributed by atoms with Crippen LogP contribution in [-0.4, -0.2) is 59.1 Å². The molecule has 2 aromatic heterocycles. The van der Waals surface area contributed by atoms with Crippen molar-refractivity contribution in [3.8, 4) is 34.1 Å². The molecule has 1 aromatic carbocycles. The van der Waals surface area contributed by atoms with Gasteiger partial charge in [0.25, 0.3) is 0 Å². The number of piperidine rings is 1. The van der Waals surface area contributed by atoms with Gasteiger partial charge in [-0.2, -0.15) is 0 Å². The predicted molar refractivity (Wildman–Crippen MR) is 154 cm³/mol. The Morgan fingerprint density at radius 3 is 2.54 bits per heavy atom. The number of rotatable bonds is 6. The number of nitrogens with one attached hydrogen (secondary N) is 1. The predicted octanol–water partition coefficient (Wildman–Crippen LogP) is 5.08. The zero-order valence-electron chi connectivity index (χ0n) is 23.8. The number of hydrogen-bond acceptors (Lipinski definition) is 7. The molecule has 10 heteroatoms. The van der Waals surface area contributed by atoms with Crippen LogP contribution in [0.1, 0.15) is 63.4 Å². The maximum Gasteiger partial charge on any atom is 0.231 e. The summed E-state index contributed by atoms with van der Waals surface area (Å²) in [6.07, 6.45) is 3.46. The van der Waals surface area contributed by atoms with Gasteiger partial charge >= 0.3 is 0 Å². The summed E-state index contributed by atoms with van der Waals surface area (Å²) in [6, 6.07) is 11.7. The molecular formula is C31H36N4O5S. The molecule has 0 spiro atoms. The Kier molecular flexibility index (Phi) is 6.10. The number of carbonyl (C=O) groups is 1. The molecule has 0 amide bonds. The van der Waals surface area contributed by atoms with E-state index in [-0.39, 0.29) is 29.7 Å². The molecule has 1 N–H and O–H groups in total. The number of benzene rings is 1. The first-order valence-corrected chi connectivity index (χ1v) is 16.1. The third-order valence-corrected chi connectivity index (χ3v) is 12.3. The van der Waals surface area contributed by atoms with Crippen molar-refractivity contribution in [3.63, 3.8) is 0 Å². The number of aromatic amines is 1. The van der Waals surface area contributed by atoms with Crippen molar-refractivity contribution in [2.24, 2.45) is 16.7 Å². The minimum absolute atomic E-state index is 0.0643. The number of nitrogens with zero attached hydrogens (tertiary/aromatic N) is 3. The van der Waals surface area contributed by atoms with Crippen molar-refractivity contribution in [1.82, 2.24) is 19.3 Å². The molecule has 2 saturated carbocycles. The molecule has 0 radical (unpaired) electrons. The number of carbonyl (C=O) groups excluding carboxylic acids is 1. The molecule has 41 heavy (non-hydrogen) atoms. The lowest BCUT2D eigenvalue weighted by molar-refractivity contribution is -0.128. The van der Waals surface area contributed by atoms with E-state index in [0.717, 1.165) is 40.6 Å². The number of aromatic nitrogens is 3. The van der Waals surface area contributed by atoms with E-state index in [1.165, 1.54) is 0 Å². The fraction of sp³-hybridized carbons (Fsp3) is 0.516. The van der Waals surface area contributed by atoms with Crippen molar-refractivity contribution < 1.29 is 22.7 Å². The number of sulfonamides is 1. The number of ketones is 1. The molecule has 2 unspecified atom stereocenters. The first-order valence-electron chi connectivity index (χ1n) is 14.5. The highest BCUT2D eigenvalue weighted by molar-refractivity contribution is 7.89. The summed E-state index contributed by atoms with van der Waals surface area (Å²) in [4.78, 5) is 26.4. The Morgan fingerprint density at radius 2 is 1.83 bits per heavy atom. The quantitative estimate of drug-likeness (QED) is 0.435. The fourth-order valence-corrected chi connectivity index (χ4v) is 9.87. The number of ether oxygens (including phenoxy) is 2. The average Bonchev–Trinajstić information content (AvgIpc) is 3.69. The molecule has 3 fully saturated rings. The summed E-state index contributed by atoms with van der Waals surface area (Å²) in [6.45, 7) is 7.17. The van der Waals surface area contributed by atoms with Gasteiger partial charge in [-0.15, -0.1) is 0 Å². The number of imidazole rings is 1. The average molecular weight is 577 g/mol. The van der Waals surface area contributed by atoms with Gasteiger partial charge in [-0.1, -0.05) is 19.9 Å². The molecule has 2 bridgehead atoms. The number of Topliss-reactive ketones (excluding diaryl/α,β-unsaturated/α-hetero) is 1. The summed E-state index contributed by atoms with van der Waals surface area (Å²) in [5.41, 5.74) is 3.20. The highest BCUT2D eigenvalue weighted by atomic mass is 32.2. The lowest BCUT2D eigenvalue weighted by Gasteiger charge is -2.39. The van der Waals surface area contributed by atoms with Crippen LogP contribution >= 0.6 is 0 Å². The van der Waals surface area contributed by atoms with Gasteiger partial charge < -0.3 is 14.5 Å². The normalized spacial score (nSPS) is 25.7. The second-order valence-electron chi connectivity index (χ2n) is 12.7. The molecular weight excluding hydrogens is 540 g/mol. The third-order valence-electron chi connectivity index (χ3n) is 10.3. The Morgan fingerprint density at radius 1 is 1.05 bits per heavy atom. The summed E-state index contributed by atoms with van der Waals surface area (Å²) in [5, 5.41) is 0. The van der Waals surface area contributed by atoms with Gasteiger partial charge in [0.1, 0.15) is 11.6 Å². The zero-order chi connectivity index (χ0) is 28.6. The molecule has 3 aromatic rings. The maximum atomic E-state index is 13.7. The van der Waals surface area contributed by atoms with E-state index in [2.05, 4.69) is 18.8 Å². The molecule has 7 rings (SSSR count). The van der Waals surface area contributed by atoms with Crippen LogP contribution in [0.2, 0.25) is 0 Å². The van der Waals surface area contributed by atoms with Crippen molar-refractivity contribution in [2.45, 2.75) is 58.8 Å². The van der Waals surface area contributed by atoms with E-state index in [4.69, 9.17) is 19.4 Å². The van der Waals surface area contributed by atoms with Crippen LogP contribution in [0, 0.1) is 23.7 Å². The highest BCUT2D eigenvalue weighted by Gasteiger charge is 2.65. The van der Waals surface area contributed by atoms with Crippen molar-refractivity contribution in [2.75, 3.05) is 25.6 Å². The topological polar surface area (TPSA) is 114 Å². The Bertz CT molecular complexity index is 1640. The number of H-pyrrole nitrogens is 1. The van der Waals surface area contributed by atoms with Gasteiger partial charge in [0.05, 0.1) is 22.8 Å². The lowest BCUT2D eigenvalue weighted by Crippen LogP contribution is -2.48. The van der Waals surface area contributed by atoms with E-state index in [9.17, 15) is 13.2 Å². The highest BCUT2D eigenvalue weighted by Crippen LogP contribution is 2.64. The summed E-state index contributed by atoms with van der Waals surface area (Å²) in [7, 11) is -3.57. The molecule has 216 valence electrons. The number of hydrogen-bond donors (Lipinski definition) is 1. The van der Waals surface area contributed by atoms with Gasteiger partial charge in [0.15, 0.2) is 11.5 Å². The summed E-state index contributed by atoms with van der Waals surface area (Å²) >= 11 is 0. The molecule has 2 aliphatic heterocycles. The van der Waals surface area contributed by atoms with E-state index >= 15 is 0 Å². The van der Waals surface area contributed by atoms with Gasteiger partial charge in [-0.05, 0) is 74.3 Å². The number of fused-ring (bicyclic) bond motifs is 3. The Hall–Kier alpha value is -3.24. The lowest BCUT2D eigenvalue weighted by atomic mass is 9.70. The van der Waals surface area contributed by atoms with Gasteiger partial charge in [-0.3, -0.25) is 9.78 Å². The zero-order valence-corrected chi connectivity index (χ0v) is 24.6. The van der Waals surface area contributed by atoms with E-state index in [1.54, 1.807) is 4.31 Å². The van der Waals surface area contributed by atoms with Gasteiger partial charge in [0, 0.05) is 42.1 Å². The maximum absolute atomic E-state index is 13.7. The summed E-state index contributed by atoms with van der Waals surface area (Å²) < 4.78 is 40.1. The molecule has 4 heterocycles. The molecule has 9 nitrogen and oxygen atoms in total. The van der Waals surface area contributed by atoms with Crippen molar-refractivity contribution in [1.29, 1.82) is 0 Å².